The first-order chi connectivity index (χ1) is 16.9. The molecule has 1 aliphatic heterocycles. The summed E-state index contributed by atoms with van der Waals surface area (Å²) >= 11 is 0.958. The average Bonchev–Trinajstić information content (AvgIpc) is 3.39. The van der Waals surface area contributed by atoms with Crippen LogP contribution in [0.4, 0.5) is 5.13 Å². The summed E-state index contributed by atoms with van der Waals surface area (Å²) in [5.74, 6) is -2.04. The Morgan fingerprint density at radius 1 is 1.14 bits per heavy atom. The number of anilines is 1. The Balaban J connectivity index is 1.87. The van der Waals surface area contributed by atoms with Crippen molar-refractivity contribution in [3.8, 4) is 5.75 Å². The number of esters is 1. The fraction of sp³-hybridized carbons (Fsp3) is 0.231. The van der Waals surface area contributed by atoms with Gasteiger partial charge in [0, 0.05) is 5.56 Å². The van der Waals surface area contributed by atoms with Crippen molar-refractivity contribution in [2.24, 2.45) is 0 Å². The molecule has 8 nitrogen and oxygen atoms in total. The van der Waals surface area contributed by atoms with Crippen LogP contribution in [0.25, 0.3) is 5.76 Å². The molecule has 1 N–H and O–H groups in total. The number of aromatic nitrogens is 1. The molecule has 3 aromatic rings. The van der Waals surface area contributed by atoms with Crippen molar-refractivity contribution in [1.29, 1.82) is 0 Å². The highest BCUT2D eigenvalue weighted by Gasteiger charge is 2.48. The average molecular weight is 493 g/mol. The normalized spacial score (nSPS) is 17.0. The number of rotatable bonds is 7. The number of thiazole rings is 1. The molecular weight excluding hydrogens is 468 g/mol. The van der Waals surface area contributed by atoms with Gasteiger partial charge < -0.3 is 14.6 Å². The molecule has 0 saturated carbocycles. The molecule has 0 bridgehead atoms. The molecule has 1 unspecified atom stereocenters. The van der Waals surface area contributed by atoms with E-state index in [4.69, 9.17) is 9.47 Å². The third-order valence-corrected chi connectivity index (χ3v) is 6.64. The first kappa shape index (κ1) is 24.2. The summed E-state index contributed by atoms with van der Waals surface area (Å²) in [5.41, 5.74) is 1.27. The monoisotopic (exact) mass is 492 g/mol. The predicted molar refractivity (Wildman–Crippen MR) is 132 cm³/mol. The first-order valence-corrected chi connectivity index (χ1v) is 11.8. The molecule has 35 heavy (non-hydrogen) atoms. The van der Waals surface area contributed by atoms with Gasteiger partial charge in [-0.15, -0.1) is 0 Å². The van der Waals surface area contributed by atoms with E-state index >= 15 is 0 Å². The van der Waals surface area contributed by atoms with Crippen molar-refractivity contribution in [1.82, 2.24) is 4.98 Å². The third kappa shape index (κ3) is 4.54. The third-order valence-electron chi connectivity index (χ3n) is 5.50. The van der Waals surface area contributed by atoms with E-state index in [2.05, 4.69) is 4.98 Å². The minimum Gasteiger partial charge on any atom is -0.507 e. The van der Waals surface area contributed by atoms with Crippen LogP contribution in [0.5, 0.6) is 5.75 Å². The highest BCUT2D eigenvalue weighted by Crippen LogP contribution is 2.44. The Morgan fingerprint density at radius 2 is 1.89 bits per heavy atom. The first-order valence-electron chi connectivity index (χ1n) is 11.0. The molecule has 2 heterocycles. The molecule has 1 atom stereocenters. The van der Waals surface area contributed by atoms with E-state index in [-0.39, 0.29) is 21.3 Å². The number of methoxy groups -OCH3 is 1. The Hall–Kier alpha value is -3.98. The second-order valence-corrected chi connectivity index (χ2v) is 8.84. The summed E-state index contributed by atoms with van der Waals surface area (Å²) in [6.45, 7) is 4.11. The number of carbonyl (C=O) groups is 3. The summed E-state index contributed by atoms with van der Waals surface area (Å²) in [7, 11) is 1.26. The number of hydrogen-bond acceptors (Lipinski definition) is 8. The number of benzene rings is 2. The number of carbonyl (C=O) groups excluding carboxylic acids is 3. The fourth-order valence-electron chi connectivity index (χ4n) is 3.86. The zero-order valence-electron chi connectivity index (χ0n) is 19.5. The maximum absolute atomic E-state index is 13.3. The second-order valence-electron chi connectivity index (χ2n) is 7.86. The standard InChI is InChI=1S/C26H24N2O6S/c1-4-13-34-18-12-8-11-17(14-18)21(29)19-20(16-9-6-5-7-10-16)28(24(31)22(19)30)26-27-15(2)23(35-26)25(32)33-3/h5-12,14,20,29H,4,13H2,1-3H3/b21-19+. The number of ketones is 1. The number of hydrogen-bond donors (Lipinski definition) is 1. The quantitative estimate of drug-likeness (QED) is 0.221. The predicted octanol–water partition coefficient (Wildman–Crippen LogP) is 4.65. The van der Waals surface area contributed by atoms with Gasteiger partial charge in [-0.05, 0) is 31.0 Å². The zero-order chi connectivity index (χ0) is 25.1. The van der Waals surface area contributed by atoms with E-state index in [1.807, 2.05) is 13.0 Å². The molecule has 0 spiro atoms. The van der Waals surface area contributed by atoms with E-state index in [9.17, 15) is 19.5 Å². The smallest absolute Gasteiger partial charge is 0.350 e. The van der Waals surface area contributed by atoms with Crippen LogP contribution in [-0.4, -0.2) is 41.5 Å². The van der Waals surface area contributed by atoms with Gasteiger partial charge in [-0.25, -0.2) is 9.78 Å². The van der Waals surface area contributed by atoms with Gasteiger partial charge in [0.15, 0.2) is 5.13 Å². The Kier molecular flexibility index (Phi) is 6.97. The molecule has 2 aromatic carbocycles. The molecule has 1 fully saturated rings. The highest BCUT2D eigenvalue weighted by molar-refractivity contribution is 7.17. The van der Waals surface area contributed by atoms with Gasteiger partial charge >= 0.3 is 11.9 Å². The lowest BCUT2D eigenvalue weighted by Crippen LogP contribution is -2.29. The summed E-state index contributed by atoms with van der Waals surface area (Å²) in [6, 6.07) is 14.7. The molecule has 9 heteroatoms. The van der Waals surface area contributed by atoms with Crippen LogP contribution in [-0.2, 0) is 14.3 Å². The molecule has 180 valence electrons. The largest absolute Gasteiger partial charge is 0.507 e. The lowest BCUT2D eigenvalue weighted by Gasteiger charge is -2.23. The number of Topliss-reactive ketones (excluding diaryl/α,β-unsaturated/α-hetero) is 1. The van der Waals surface area contributed by atoms with Gasteiger partial charge in [0.25, 0.3) is 5.78 Å². The summed E-state index contributed by atoms with van der Waals surface area (Å²) in [4.78, 5) is 44.5. The van der Waals surface area contributed by atoms with Crippen molar-refractivity contribution in [3.63, 3.8) is 0 Å². The topological polar surface area (TPSA) is 106 Å². The molecule has 1 amide bonds. The van der Waals surface area contributed by atoms with Gasteiger partial charge in [0.2, 0.25) is 0 Å². The minimum absolute atomic E-state index is 0.0682. The molecule has 1 aromatic heterocycles. The van der Waals surface area contributed by atoms with Gasteiger partial charge in [-0.2, -0.15) is 0 Å². The number of aliphatic hydroxyl groups is 1. The number of amides is 1. The van der Waals surface area contributed by atoms with Gasteiger partial charge in [0.1, 0.15) is 16.4 Å². The fourth-order valence-corrected chi connectivity index (χ4v) is 4.87. The molecular formula is C26H24N2O6S. The van der Waals surface area contributed by atoms with Crippen molar-refractivity contribution in [3.05, 3.63) is 81.9 Å². The van der Waals surface area contributed by atoms with Crippen molar-refractivity contribution in [2.45, 2.75) is 26.3 Å². The van der Waals surface area contributed by atoms with Gasteiger partial charge in [-0.3, -0.25) is 14.5 Å². The lowest BCUT2D eigenvalue weighted by molar-refractivity contribution is -0.132. The maximum Gasteiger partial charge on any atom is 0.350 e. The molecule has 0 radical (unpaired) electrons. The van der Waals surface area contributed by atoms with Crippen molar-refractivity contribution < 1.29 is 29.0 Å². The Labute approximate surface area is 206 Å². The second kappa shape index (κ2) is 10.1. The number of aryl methyl sites for hydroxylation is 1. The van der Waals surface area contributed by atoms with Crippen LogP contribution in [0.15, 0.2) is 60.2 Å². The van der Waals surface area contributed by atoms with Crippen LogP contribution in [0.2, 0.25) is 0 Å². The maximum atomic E-state index is 13.3. The minimum atomic E-state index is -0.938. The van der Waals surface area contributed by atoms with E-state index in [1.54, 1.807) is 55.5 Å². The molecule has 1 saturated heterocycles. The number of nitrogens with zero attached hydrogens (tertiary/aromatic N) is 2. The lowest BCUT2D eigenvalue weighted by atomic mass is 9.95. The number of aliphatic hydroxyl groups excluding tert-OH is 1. The van der Waals surface area contributed by atoms with Gasteiger partial charge in [0.05, 0.1) is 31.0 Å². The molecule has 4 rings (SSSR count). The zero-order valence-corrected chi connectivity index (χ0v) is 20.3. The van der Waals surface area contributed by atoms with Crippen LogP contribution in [0.3, 0.4) is 0 Å². The Morgan fingerprint density at radius 3 is 2.57 bits per heavy atom. The summed E-state index contributed by atoms with van der Waals surface area (Å²) < 4.78 is 10.5. The van der Waals surface area contributed by atoms with Crippen molar-refractivity contribution in [2.75, 3.05) is 18.6 Å². The summed E-state index contributed by atoms with van der Waals surface area (Å²) in [5, 5.41) is 11.4. The highest BCUT2D eigenvalue weighted by atomic mass is 32.1. The van der Waals surface area contributed by atoms with E-state index in [0.717, 1.165) is 17.8 Å². The van der Waals surface area contributed by atoms with Crippen LogP contribution >= 0.6 is 11.3 Å². The van der Waals surface area contributed by atoms with Crippen molar-refractivity contribution >= 4 is 39.9 Å². The number of ether oxygens (including phenoxy) is 2. The molecule has 0 aliphatic carbocycles. The summed E-state index contributed by atoms with van der Waals surface area (Å²) in [6.07, 6.45) is 0.816. The Bertz CT molecular complexity index is 1310. The molecule has 1 aliphatic rings. The van der Waals surface area contributed by atoms with Crippen LogP contribution in [0, 0.1) is 6.92 Å². The van der Waals surface area contributed by atoms with E-state index in [0.29, 0.717) is 29.2 Å². The van der Waals surface area contributed by atoms with E-state index in [1.165, 1.54) is 12.0 Å². The van der Waals surface area contributed by atoms with Crippen LogP contribution < -0.4 is 9.64 Å². The van der Waals surface area contributed by atoms with Crippen LogP contribution in [0.1, 0.15) is 45.9 Å². The van der Waals surface area contributed by atoms with Gasteiger partial charge in [-0.1, -0.05) is 60.7 Å². The van der Waals surface area contributed by atoms with E-state index < -0.39 is 23.7 Å². The SMILES string of the molecule is CCCOc1cccc(/C(O)=C2\C(=O)C(=O)N(c3nc(C)c(C(=O)OC)s3)C2c2ccccc2)c1.